The molecule has 1 saturated heterocycles. The van der Waals surface area contributed by atoms with Gasteiger partial charge in [-0.2, -0.15) is 0 Å². The van der Waals surface area contributed by atoms with E-state index in [9.17, 15) is 5.11 Å². The molecular weight excluding hydrogens is 416 g/mol. The third kappa shape index (κ3) is 4.07. The molecule has 2 aromatic heterocycles. The van der Waals surface area contributed by atoms with Crippen molar-refractivity contribution in [3.63, 3.8) is 0 Å². The number of ether oxygens (including phenoxy) is 2. The van der Waals surface area contributed by atoms with E-state index in [1.54, 1.807) is 26.6 Å². The monoisotopic (exact) mass is 442 g/mol. The van der Waals surface area contributed by atoms with Crippen LogP contribution in [0.2, 0.25) is 0 Å². The van der Waals surface area contributed by atoms with Crippen LogP contribution in [0.1, 0.15) is 18.4 Å². The van der Waals surface area contributed by atoms with E-state index < -0.39 is 5.60 Å². The van der Waals surface area contributed by atoms with Crippen molar-refractivity contribution in [2.75, 3.05) is 32.2 Å². The molecule has 33 heavy (non-hydrogen) atoms. The number of hydrogen-bond donors (Lipinski definition) is 1. The normalized spacial score (nSPS) is 15.4. The fourth-order valence-corrected chi connectivity index (χ4v) is 4.38. The fourth-order valence-electron chi connectivity index (χ4n) is 4.38. The number of rotatable bonds is 5. The predicted octanol–water partition coefficient (Wildman–Crippen LogP) is 4.20. The summed E-state index contributed by atoms with van der Waals surface area (Å²) in [4.78, 5) is 16.0. The van der Waals surface area contributed by atoms with Gasteiger partial charge in [-0.25, -0.2) is 9.97 Å². The van der Waals surface area contributed by atoms with Gasteiger partial charge >= 0.3 is 0 Å². The molecule has 0 bridgehead atoms. The quantitative estimate of drug-likeness (QED) is 0.496. The van der Waals surface area contributed by atoms with Crippen molar-refractivity contribution in [3.05, 3.63) is 72.6 Å². The van der Waals surface area contributed by atoms with Gasteiger partial charge in [0, 0.05) is 42.5 Å². The van der Waals surface area contributed by atoms with Crippen LogP contribution in [0, 0.1) is 0 Å². The van der Waals surface area contributed by atoms with Gasteiger partial charge in [-0.1, -0.05) is 12.1 Å². The van der Waals surface area contributed by atoms with Gasteiger partial charge in [-0.15, -0.1) is 0 Å². The smallest absolute Gasteiger partial charge is 0.162 e. The summed E-state index contributed by atoms with van der Waals surface area (Å²) in [5.41, 5.74) is 1.67. The van der Waals surface area contributed by atoms with Crippen molar-refractivity contribution in [3.8, 4) is 22.9 Å². The van der Waals surface area contributed by atoms with Crippen LogP contribution in [0.4, 0.5) is 5.82 Å². The predicted molar refractivity (Wildman–Crippen MR) is 128 cm³/mol. The molecule has 0 saturated carbocycles. The van der Waals surface area contributed by atoms with Crippen LogP contribution < -0.4 is 14.4 Å². The van der Waals surface area contributed by atoms with Crippen LogP contribution >= 0.6 is 0 Å². The average Bonchev–Trinajstić information content (AvgIpc) is 2.88. The third-order valence-electron chi connectivity index (χ3n) is 6.30. The fraction of sp³-hybridized carbons (Fsp3) is 0.269. The average molecular weight is 443 g/mol. The molecule has 7 heteroatoms. The lowest BCUT2D eigenvalue weighted by molar-refractivity contribution is 0.0113. The summed E-state index contributed by atoms with van der Waals surface area (Å²) in [6, 6.07) is 17.5. The second-order valence-electron chi connectivity index (χ2n) is 8.24. The van der Waals surface area contributed by atoms with Crippen molar-refractivity contribution >= 4 is 16.7 Å². The molecule has 1 aliphatic heterocycles. The lowest BCUT2D eigenvalue weighted by Gasteiger charge is -2.39. The lowest BCUT2D eigenvalue weighted by Crippen LogP contribution is -2.43. The first kappa shape index (κ1) is 21.2. The van der Waals surface area contributed by atoms with Crippen molar-refractivity contribution in [1.82, 2.24) is 15.0 Å². The highest BCUT2D eigenvalue weighted by Crippen LogP contribution is 2.39. The lowest BCUT2D eigenvalue weighted by atomic mass is 9.84. The topological polar surface area (TPSA) is 80.6 Å². The molecule has 0 spiro atoms. The molecule has 1 N–H and O–H groups in total. The van der Waals surface area contributed by atoms with Crippen molar-refractivity contribution in [2.45, 2.75) is 18.4 Å². The summed E-state index contributed by atoms with van der Waals surface area (Å²) in [5.74, 6) is 2.90. The zero-order valence-electron chi connectivity index (χ0n) is 18.7. The number of piperidine rings is 1. The van der Waals surface area contributed by atoms with E-state index in [-0.39, 0.29) is 0 Å². The maximum absolute atomic E-state index is 11.5. The van der Waals surface area contributed by atoms with Crippen LogP contribution in [0.25, 0.3) is 22.3 Å². The Bertz CT molecular complexity index is 1250. The second-order valence-corrected chi connectivity index (χ2v) is 8.24. The zero-order chi connectivity index (χ0) is 22.8. The first-order chi connectivity index (χ1) is 16.1. The van der Waals surface area contributed by atoms with E-state index in [1.165, 1.54) is 0 Å². The molecule has 0 unspecified atom stereocenters. The highest BCUT2D eigenvalue weighted by atomic mass is 16.5. The molecule has 2 aromatic carbocycles. The van der Waals surface area contributed by atoms with Gasteiger partial charge in [0.2, 0.25) is 0 Å². The van der Waals surface area contributed by atoms with Gasteiger partial charge in [0.15, 0.2) is 5.82 Å². The molecule has 4 aromatic rings. The Balaban J connectivity index is 1.47. The number of hydrogen-bond acceptors (Lipinski definition) is 7. The molecule has 7 nitrogen and oxygen atoms in total. The number of para-hydroxylation sites is 1. The zero-order valence-corrected chi connectivity index (χ0v) is 18.7. The molecule has 0 radical (unpaired) electrons. The summed E-state index contributed by atoms with van der Waals surface area (Å²) in [6.45, 7) is 1.32. The molecule has 0 amide bonds. The Morgan fingerprint density at radius 2 is 1.55 bits per heavy atom. The molecule has 5 rings (SSSR count). The molecule has 1 fully saturated rings. The Morgan fingerprint density at radius 1 is 0.879 bits per heavy atom. The summed E-state index contributed by atoms with van der Waals surface area (Å²) < 4.78 is 10.8. The Labute approximate surface area is 192 Å². The van der Waals surface area contributed by atoms with Crippen LogP contribution in [-0.4, -0.2) is 47.4 Å². The maximum Gasteiger partial charge on any atom is 0.162 e. The minimum Gasteiger partial charge on any atom is -0.497 e. The van der Waals surface area contributed by atoms with Crippen molar-refractivity contribution in [2.24, 2.45) is 0 Å². The number of pyridine rings is 1. The van der Waals surface area contributed by atoms with Gasteiger partial charge in [0.1, 0.15) is 17.3 Å². The molecule has 0 aliphatic carbocycles. The van der Waals surface area contributed by atoms with Gasteiger partial charge in [0.05, 0.1) is 25.3 Å². The number of nitrogens with zero attached hydrogens (tertiary/aromatic N) is 4. The standard InChI is InChI=1S/C26H26N4O3/c1-32-20-15-19(16-21(17-20)33-2)26(31)9-13-30(14-10-26)25-22-5-3-4-6-23(22)28-24(29-25)18-7-11-27-12-8-18/h3-8,11-12,15-17,31H,9-10,13-14H2,1-2H3. The number of methoxy groups -OCH3 is 2. The first-order valence-electron chi connectivity index (χ1n) is 11.0. The van der Waals surface area contributed by atoms with Crippen LogP contribution in [0.5, 0.6) is 11.5 Å². The van der Waals surface area contributed by atoms with E-state index in [0.717, 1.165) is 27.8 Å². The first-order valence-corrected chi connectivity index (χ1v) is 11.0. The SMILES string of the molecule is COc1cc(OC)cc(C2(O)CCN(c3nc(-c4ccncc4)nc4ccccc34)CC2)c1. The number of aliphatic hydroxyl groups is 1. The van der Waals surface area contributed by atoms with Crippen molar-refractivity contribution in [1.29, 1.82) is 0 Å². The molecular formula is C26H26N4O3. The summed E-state index contributed by atoms with van der Waals surface area (Å²) in [7, 11) is 3.23. The Morgan fingerprint density at radius 3 is 2.21 bits per heavy atom. The van der Waals surface area contributed by atoms with Gasteiger partial charge in [-0.05, 0) is 54.8 Å². The maximum atomic E-state index is 11.5. The van der Waals surface area contributed by atoms with E-state index in [0.29, 0.717) is 43.3 Å². The van der Waals surface area contributed by atoms with E-state index in [4.69, 9.17) is 19.4 Å². The van der Waals surface area contributed by atoms with Gasteiger partial charge in [-0.3, -0.25) is 4.98 Å². The van der Waals surface area contributed by atoms with Crippen LogP contribution in [-0.2, 0) is 5.60 Å². The number of aromatic nitrogens is 3. The summed E-state index contributed by atoms with van der Waals surface area (Å²) in [5, 5.41) is 12.5. The minimum absolute atomic E-state index is 0.562. The number of anilines is 1. The van der Waals surface area contributed by atoms with Gasteiger partial charge < -0.3 is 19.5 Å². The second kappa shape index (κ2) is 8.67. The molecule has 3 heterocycles. The highest BCUT2D eigenvalue weighted by Gasteiger charge is 2.35. The van der Waals surface area contributed by atoms with E-state index in [1.807, 2.05) is 48.5 Å². The number of benzene rings is 2. The minimum atomic E-state index is -0.963. The van der Waals surface area contributed by atoms with E-state index >= 15 is 0 Å². The number of fused-ring (bicyclic) bond motifs is 1. The van der Waals surface area contributed by atoms with E-state index in [2.05, 4.69) is 16.0 Å². The summed E-state index contributed by atoms with van der Waals surface area (Å²) >= 11 is 0. The largest absolute Gasteiger partial charge is 0.497 e. The molecule has 1 aliphatic rings. The van der Waals surface area contributed by atoms with Gasteiger partial charge in [0.25, 0.3) is 0 Å². The third-order valence-corrected chi connectivity index (χ3v) is 6.30. The molecule has 168 valence electrons. The summed E-state index contributed by atoms with van der Waals surface area (Å²) in [6.07, 6.45) is 4.62. The van der Waals surface area contributed by atoms with Crippen LogP contribution in [0.15, 0.2) is 67.0 Å². The Kier molecular flexibility index (Phi) is 5.56. The van der Waals surface area contributed by atoms with Crippen molar-refractivity contribution < 1.29 is 14.6 Å². The molecule has 0 atom stereocenters. The van der Waals surface area contributed by atoms with Crippen LogP contribution in [0.3, 0.4) is 0 Å². The Hall–Kier alpha value is -3.71. The highest BCUT2D eigenvalue weighted by molar-refractivity contribution is 5.91.